The molecule has 1 N–H and O–H groups in total. The summed E-state index contributed by atoms with van der Waals surface area (Å²) in [7, 11) is 0. The van der Waals surface area contributed by atoms with Crippen LogP contribution in [0.1, 0.15) is 35.7 Å². The Morgan fingerprint density at radius 3 is 2.71 bits per heavy atom. The first kappa shape index (κ1) is 19.1. The molecule has 0 saturated carbocycles. The molecule has 0 bridgehead atoms. The molecule has 1 fully saturated rings. The largest absolute Gasteiger partial charge is 0.376 e. The van der Waals surface area contributed by atoms with Crippen LogP contribution in [-0.2, 0) is 4.74 Å². The molecule has 1 saturated heterocycles. The molecule has 1 aromatic heterocycles. The van der Waals surface area contributed by atoms with E-state index < -0.39 is 0 Å². The minimum atomic E-state index is -0.0955. The zero-order chi connectivity index (χ0) is 19.7. The van der Waals surface area contributed by atoms with Crippen LogP contribution < -0.4 is 5.32 Å². The normalized spacial score (nSPS) is 17.6. The van der Waals surface area contributed by atoms with E-state index in [4.69, 9.17) is 9.72 Å². The number of fused-ring (bicyclic) bond motifs is 1. The summed E-state index contributed by atoms with van der Waals surface area (Å²) in [6.07, 6.45) is 2.12. The third-order valence-electron chi connectivity index (χ3n) is 5.24. The van der Waals surface area contributed by atoms with Gasteiger partial charge in [-0.2, -0.15) is 0 Å². The Morgan fingerprint density at radius 1 is 1.21 bits per heavy atom. The number of carbonyl (C=O) groups excluding carboxylic acids is 1. The van der Waals surface area contributed by atoms with Gasteiger partial charge in [0.15, 0.2) is 0 Å². The molecular formula is C23H23BrN2O2. The van der Waals surface area contributed by atoms with Crippen molar-refractivity contribution in [3.63, 3.8) is 0 Å². The van der Waals surface area contributed by atoms with Crippen molar-refractivity contribution < 1.29 is 9.53 Å². The van der Waals surface area contributed by atoms with Gasteiger partial charge in [-0.05, 0) is 51.0 Å². The first-order valence-electron chi connectivity index (χ1n) is 9.61. The lowest BCUT2D eigenvalue weighted by molar-refractivity contribution is 0.0713. The molecule has 3 aromatic rings. The lowest BCUT2D eigenvalue weighted by Crippen LogP contribution is -2.40. The molecule has 1 amide bonds. The fourth-order valence-electron chi connectivity index (χ4n) is 3.63. The third-order valence-corrected chi connectivity index (χ3v) is 5.74. The second kappa shape index (κ2) is 8.02. The second-order valence-electron chi connectivity index (χ2n) is 7.40. The summed E-state index contributed by atoms with van der Waals surface area (Å²) in [4.78, 5) is 18.0. The summed E-state index contributed by atoms with van der Waals surface area (Å²) in [6, 6.07) is 15.9. The van der Waals surface area contributed by atoms with E-state index in [0.29, 0.717) is 5.56 Å². The minimum absolute atomic E-state index is 0.0341. The maximum atomic E-state index is 13.2. The third kappa shape index (κ3) is 3.96. The number of benzene rings is 2. The van der Waals surface area contributed by atoms with Crippen molar-refractivity contribution in [1.82, 2.24) is 10.3 Å². The van der Waals surface area contributed by atoms with Crippen molar-refractivity contribution in [2.75, 3.05) is 6.61 Å². The van der Waals surface area contributed by atoms with Crippen molar-refractivity contribution in [1.29, 1.82) is 0 Å². The highest BCUT2D eigenvalue weighted by atomic mass is 79.9. The Morgan fingerprint density at radius 2 is 2.00 bits per heavy atom. The summed E-state index contributed by atoms with van der Waals surface area (Å²) in [5.74, 6) is -0.0955. The highest BCUT2D eigenvalue weighted by Crippen LogP contribution is 2.28. The molecule has 4 nitrogen and oxygen atoms in total. The van der Waals surface area contributed by atoms with Crippen molar-refractivity contribution in [2.45, 2.75) is 38.8 Å². The van der Waals surface area contributed by atoms with Crippen molar-refractivity contribution in [3.05, 3.63) is 64.1 Å². The van der Waals surface area contributed by atoms with Crippen LogP contribution in [0.3, 0.4) is 0 Å². The highest BCUT2D eigenvalue weighted by molar-refractivity contribution is 9.10. The van der Waals surface area contributed by atoms with Gasteiger partial charge in [-0.25, -0.2) is 4.98 Å². The number of aryl methyl sites for hydroxylation is 1. The summed E-state index contributed by atoms with van der Waals surface area (Å²) in [5.41, 5.74) is 4.42. The number of hydrogen-bond donors (Lipinski definition) is 1. The van der Waals surface area contributed by atoms with Gasteiger partial charge in [0, 0.05) is 22.0 Å². The van der Waals surface area contributed by atoms with Crippen LogP contribution in [0.25, 0.3) is 22.2 Å². The number of rotatable bonds is 4. The fourth-order valence-corrected chi connectivity index (χ4v) is 3.99. The molecule has 144 valence electrons. The Kier molecular flexibility index (Phi) is 5.47. The Hall–Kier alpha value is -2.24. The summed E-state index contributed by atoms with van der Waals surface area (Å²) in [5, 5.41) is 3.97. The van der Waals surface area contributed by atoms with E-state index in [1.807, 2.05) is 43.3 Å². The van der Waals surface area contributed by atoms with Gasteiger partial charge in [-0.3, -0.25) is 4.79 Å². The number of halogens is 1. The van der Waals surface area contributed by atoms with Crippen LogP contribution in [0.4, 0.5) is 0 Å². The number of nitrogens with one attached hydrogen (secondary N) is 1. The van der Waals surface area contributed by atoms with Crippen LogP contribution in [0, 0.1) is 6.92 Å². The molecule has 28 heavy (non-hydrogen) atoms. The Labute approximate surface area is 173 Å². The first-order valence-corrected chi connectivity index (χ1v) is 10.4. The number of pyridine rings is 1. The molecule has 0 radical (unpaired) electrons. The number of ether oxygens (including phenoxy) is 1. The van der Waals surface area contributed by atoms with E-state index in [2.05, 4.69) is 40.3 Å². The van der Waals surface area contributed by atoms with Gasteiger partial charge in [0.2, 0.25) is 0 Å². The Balaban J connectivity index is 1.75. The van der Waals surface area contributed by atoms with Gasteiger partial charge >= 0.3 is 0 Å². The average molecular weight is 439 g/mol. The van der Waals surface area contributed by atoms with Crippen molar-refractivity contribution >= 4 is 32.7 Å². The van der Waals surface area contributed by atoms with Crippen LogP contribution >= 0.6 is 15.9 Å². The molecule has 2 atom stereocenters. The van der Waals surface area contributed by atoms with E-state index in [1.54, 1.807) is 0 Å². The SMILES string of the molecule is Cc1ccc(-c2cc(C(=O)N[C@H](C)[C@H]3CCCO3)c3cc(Br)ccc3n2)cc1. The van der Waals surface area contributed by atoms with Crippen LogP contribution in [0.15, 0.2) is 53.0 Å². The molecule has 0 spiro atoms. The minimum Gasteiger partial charge on any atom is -0.376 e. The van der Waals surface area contributed by atoms with Crippen LogP contribution in [0.2, 0.25) is 0 Å². The lowest BCUT2D eigenvalue weighted by atomic mass is 10.0. The van der Waals surface area contributed by atoms with Crippen molar-refractivity contribution in [2.24, 2.45) is 0 Å². The van der Waals surface area contributed by atoms with Gasteiger partial charge in [0.05, 0.1) is 28.9 Å². The van der Waals surface area contributed by atoms with Gasteiger partial charge in [0.25, 0.3) is 5.91 Å². The zero-order valence-corrected chi connectivity index (χ0v) is 17.6. The van der Waals surface area contributed by atoms with E-state index in [-0.39, 0.29) is 18.1 Å². The summed E-state index contributed by atoms with van der Waals surface area (Å²) < 4.78 is 6.65. The molecule has 2 heterocycles. The quantitative estimate of drug-likeness (QED) is 0.603. The number of aromatic nitrogens is 1. The molecule has 0 aliphatic carbocycles. The van der Waals surface area contributed by atoms with Crippen LogP contribution in [0.5, 0.6) is 0 Å². The Bertz CT molecular complexity index is 1010. The molecule has 5 heteroatoms. The lowest BCUT2D eigenvalue weighted by Gasteiger charge is -2.20. The molecule has 2 aromatic carbocycles. The van der Waals surface area contributed by atoms with Gasteiger partial charge in [0.1, 0.15) is 0 Å². The molecule has 0 unspecified atom stereocenters. The van der Waals surface area contributed by atoms with E-state index in [0.717, 1.165) is 46.1 Å². The van der Waals surface area contributed by atoms with E-state index in [1.165, 1.54) is 5.56 Å². The first-order chi connectivity index (χ1) is 13.5. The molecule has 1 aliphatic heterocycles. The monoisotopic (exact) mass is 438 g/mol. The smallest absolute Gasteiger partial charge is 0.252 e. The standard InChI is InChI=1S/C23H23BrN2O2/c1-14-5-7-16(8-6-14)21-13-19(18-12-17(24)9-10-20(18)26-21)23(27)25-15(2)22-4-3-11-28-22/h5-10,12-13,15,22H,3-4,11H2,1-2H3,(H,25,27)/t15-,22-/m1/s1. The maximum Gasteiger partial charge on any atom is 0.252 e. The van der Waals surface area contributed by atoms with Gasteiger partial charge in [-0.1, -0.05) is 45.8 Å². The predicted molar refractivity (Wildman–Crippen MR) is 116 cm³/mol. The van der Waals surface area contributed by atoms with E-state index in [9.17, 15) is 4.79 Å². The molecular weight excluding hydrogens is 416 g/mol. The van der Waals surface area contributed by atoms with Crippen LogP contribution in [-0.4, -0.2) is 29.6 Å². The summed E-state index contributed by atoms with van der Waals surface area (Å²) in [6.45, 7) is 4.84. The fraction of sp³-hybridized carbons (Fsp3) is 0.304. The number of carbonyl (C=O) groups is 1. The average Bonchev–Trinajstić information content (AvgIpc) is 3.22. The van der Waals surface area contributed by atoms with E-state index >= 15 is 0 Å². The van der Waals surface area contributed by atoms with Crippen molar-refractivity contribution in [3.8, 4) is 11.3 Å². The zero-order valence-electron chi connectivity index (χ0n) is 16.0. The maximum absolute atomic E-state index is 13.2. The van der Waals surface area contributed by atoms with Gasteiger partial charge < -0.3 is 10.1 Å². The number of amides is 1. The predicted octanol–water partition coefficient (Wildman–Crippen LogP) is 5.27. The highest BCUT2D eigenvalue weighted by Gasteiger charge is 2.25. The number of hydrogen-bond acceptors (Lipinski definition) is 3. The molecule has 4 rings (SSSR count). The topological polar surface area (TPSA) is 51.2 Å². The molecule has 1 aliphatic rings. The second-order valence-corrected chi connectivity index (χ2v) is 8.31. The van der Waals surface area contributed by atoms with Gasteiger partial charge in [-0.15, -0.1) is 0 Å². The number of nitrogens with zero attached hydrogens (tertiary/aromatic N) is 1. The summed E-state index contributed by atoms with van der Waals surface area (Å²) >= 11 is 3.51.